The van der Waals surface area contributed by atoms with Crippen molar-refractivity contribution in [2.45, 2.75) is 43.1 Å². The Morgan fingerprint density at radius 2 is 1.87 bits per heavy atom. The molecule has 1 saturated carbocycles. The molecule has 2 fully saturated rings. The monoisotopic (exact) mass is 224 g/mol. The van der Waals surface area contributed by atoms with E-state index < -0.39 is 29.9 Å². The number of hydrogen-bond acceptors (Lipinski definition) is 2. The van der Waals surface area contributed by atoms with Gasteiger partial charge in [0.1, 0.15) is 0 Å². The molecule has 15 heavy (non-hydrogen) atoms. The minimum atomic E-state index is -4.84. The Morgan fingerprint density at radius 3 is 2.27 bits per heavy atom. The molecule has 0 unspecified atom stereocenters. The van der Waals surface area contributed by atoms with Gasteiger partial charge in [0.05, 0.1) is 0 Å². The van der Waals surface area contributed by atoms with E-state index in [1.54, 1.807) is 0 Å². The van der Waals surface area contributed by atoms with E-state index in [9.17, 15) is 23.1 Å². The lowest BCUT2D eigenvalue weighted by Crippen LogP contribution is -2.74. The van der Waals surface area contributed by atoms with Gasteiger partial charge in [0.25, 0.3) is 0 Å². The highest BCUT2D eigenvalue weighted by Crippen LogP contribution is 2.44. The van der Waals surface area contributed by atoms with Gasteiger partial charge in [-0.1, -0.05) is 0 Å². The third kappa shape index (κ3) is 1.54. The molecule has 0 radical (unpaired) electrons. The van der Waals surface area contributed by atoms with Gasteiger partial charge in [-0.25, -0.2) is 4.79 Å². The topological polar surface area (TPSA) is 61.4 Å². The van der Waals surface area contributed by atoms with Crippen molar-refractivity contribution in [2.24, 2.45) is 0 Å². The summed E-state index contributed by atoms with van der Waals surface area (Å²) in [5.41, 5.74) is -3.96. The molecule has 1 atom stereocenters. The summed E-state index contributed by atoms with van der Waals surface area (Å²) < 4.78 is 37.5. The number of rotatable bonds is 0. The van der Waals surface area contributed by atoms with E-state index in [0.29, 0.717) is 12.8 Å². The Morgan fingerprint density at radius 1 is 1.27 bits per heavy atom. The average molecular weight is 224 g/mol. The number of carbonyl (C=O) groups is 1. The van der Waals surface area contributed by atoms with Crippen LogP contribution in [0.25, 0.3) is 0 Å². The van der Waals surface area contributed by atoms with E-state index in [-0.39, 0.29) is 0 Å². The number of hydrogen-bond donors (Lipinski definition) is 3. The van der Waals surface area contributed by atoms with E-state index in [4.69, 9.17) is 0 Å². The lowest BCUT2D eigenvalue weighted by atomic mass is 9.70. The van der Waals surface area contributed by atoms with Crippen molar-refractivity contribution in [1.82, 2.24) is 10.6 Å². The van der Waals surface area contributed by atoms with Crippen LogP contribution < -0.4 is 10.6 Å². The first-order chi connectivity index (χ1) is 6.77. The van der Waals surface area contributed by atoms with Crippen LogP contribution in [0.3, 0.4) is 0 Å². The molecule has 3 N–H and O–H groups in total. The zero-order valence-corrected chi connectivity index (χ0v) is 7.82. The lowest BCUT2D eigenvalue weighted by Gasteiger charge is -2.51. The van der Waals surface area contributed by atoms with Gasteiger partial charge in [0, 0.05) is 12.0 Å². The first kappa shape index (κ1) is 10.5. The first-order valence-electron chi connectivity index (χ1n) is 4.66. The maximum Gasteiger partial charge on any atom is 0.436 e. The highest BCUT2D eigenvalue weighted by atomic mass is 19.4. The normalized spacial score (nSPS) is 34.3. The summed E-state index contributed by atoms with van der Waals surface area (Å²) in [6.07, 6.45) is -3.62. The minimum absolute atomic E-state index is 0.485. The Labute approximate surface area is 83.8 Å². The van der Waals surface area contributed by atoms with Crippen LogP contribution in [0.15, 0.2) is 0 Å². The molecule has 1 spiro atoms. The van der Waals surface area contributed by atoms with Crippen molar-refractivity contribution in [3.63, 3.8) is 0 Å². The van der Waals surface area contributed by atoms with Crippen LogP contribution in [0.2, 0.25) is 0 Å². The average Bonchev–Trinajstić information content (AvgIpc) is 1.97. The van der Waals surface area contributed by atoms with E-state index >= 15 is 0 Å². The Hall–Kier alpha value is -0.980. The molecule has 0 aromatic rings. The molecule has 2 rings (SSSR count). The zero-order chi connectivity index (χ0) is 11.3. The summed E-state index contributed by atoms with van der Waals surface area (Å²) in [6.45, 7) is 0. The van der Waals surface area contributed by atoms with Crippen molar-refractivity contribution in [3.05, 3.63) is 0 Å². The summed E-state index contributed by atoms with van der Waals surface area (Å²) in [7, 11) is 0. The number of urea groups is 1. The fraction of sp³-hybridized carbons (Fsp3) is 0.875. The Balaban J connectivity index is 2.23. The van der Waals surface area contributed by atoms with Gasteiger partial charge < -0.3 is 15.7 Å². The predicted molar refractivity (Wildman–Crippen MR) is 43.9 cm³/mol. The van der Waals surface area contributed by atoms with Crippen molar-refractivity contribution in [2.75, 3.05) is 0 Å². The number of alkyl halides is 3. The van der Waals surface area contributed by atoms with Crippen molar-refractivity contribution < 1.29 is 23.1 Å². The molecule has 86 valence electrons. The molecule has 2 aliphatic rings. The molecule has 1 heterocycles. The van der Waals surface area contributed by atoms with E-state index in [1.807, 2.05) is 0 Å². The van der Waals surface area contributed by atoms with Gasteiger partial charge in [0.2, 0.25) is 5.72 Å². The van der Waals surface area contributed by atoms with Crippen LogP contribution in [-0.4, -0.2) is 28.6 Å². The van der Waals surface area contributed by atoms with Crippen LogP contribution in [0, 0.1) is 0 Å². The van der Waals surface area contributed by atoms with E-state index in [0.717, 1.165) is 6.42 Å². The number of carbonyl (C=O) groups excluding carboxylic acids is 1. The maximum atomic E-state index is 12.5. The van der Waals surface area contributed by atoms with E-state index in [1.165, 1.54) is 5.32 Å². The van der Waals surface area contributed by atoms with Crippen LogP contribution in [0.4, 0.5) is 18.0 Å². The van der Waals surface area contributed by atoms with Gasteiger partial charge >= 0.3 is 12.2 Å². The van der Waals surface area contributed by atoms with Crippen molar-refractivity contribution in [3.8, 4) is 0 Å². The largest absolute Gasteiger partial charge is 0.436 e. The molecule has 1 saturated heterocycles. The first-order valence-corrected chi connectivity index (χ1v) is 4.66. The minimum Gasteiger partial charge on any atom is -0.363 e. The highest BCUT2D eigenvalue weighted by Gasteiger charge is 2.62. The fourth-order valence-corrected chi connectivity index (χ4v) is 2.11. The zero-order valence-electron chi connectivity index (χ0n) is 7.82. The summed E-state index contributed by atoms with van der Waals surface area (Å²) >= 11 is 0. The van der Waals surface area contributed by atoms with Crippen LogP contribution >= 0.6 is 0 Å². The van der Waals surface area contributed by atoms with Gasteiger partial charge in [-0.05, 0) is 19.3 Å². The number of nitrogens with one attached hydrogen (secondary N) is 2. The van der Waals surface area contributed by atoms with Crippen LogP contribution in [0.5, 0.6) is 0 Å². The Bertz CT molecular complexity index is 301. The van der Waals surface area contributed by atoms with Crippen LogP contribution in [0.1, 0.15) is 25.7 Å². The molecule has 0 aromatic carbocycles. The predicted octanol–water partition coefficient (Wildman–Crippen LogP) is 0.863. The summed E-state index contributed by atoms with van der Waals surface area (Å²) in [4.78, 5) is 11.1. The Kier molecular flexibility index (Phi) is 1.95. The van der Waals surface area contributed by atoms with Crippen molar-refractivity contribution >= 4 is 6.03 Å². The summed E-state index contributed by atoms with van der Waals surface area (Å²) in [6, 6.07) is -0.958. The number of aliphatic hydroxyl groups is 1. The molecule has 1 aliphatic carbocycles. The summed E-state index contributed by atoms with van der Waals surface area (Å²) in [5.74, 6) is 0. The van der Waals surface area contributed by atoms with Gasteiger partial charge in [-0.15, -0.1) is 0 Å². The second-order valence-electron chi connectivity index (χ2n) is 4.25. The second kappa shape index (κ2) is 2.78. The van der Waals surface area contributed by atoms with E-state index in [2.05, 4.69) is 5.32 Å². The van der Waals surface area contributed by atoms with Crippen LogP contribution in [-0.2, 0) is 0 Å². The smallest absolute Gasteiger partial charge is 0.363 e. The third-order valence-electron chi connectivity index (χ3n) is 3.07. The second-order valence-corrected chi connectivity index (χ2v) is 4.25. The molecule has 2 amide bonds. The lowest BCUT2D eigenvalue weighted by molar-refractivity contribution is -0.282. The van der Waals surface area contributed by atoms with Crippen molar-refractivity contribution in [1.29, 1.82) is 0 Å². The van der Waals surface area contributed by atoms with Gasteiger partial charge in [0.15, 0.2) is 0 Å². The quantitative estimate of drug-likeness (QED) is 0.571. The SMILES string of the molecule is O=C1NC2(CCC2)C[C@](O)(C(F)(F)F)N1. The molecule has 0 bridgehead atoms. The van der Waals surface area contributed by atoms with Gasteiger partial charge in [-0.3, -0.25) is 0 Å². The molecule has 7 heteroatoms. The molecule has 4 nitrogen and oxygen atoms in total. The molecular weight excluding hydrogens is 213 g/mol. The highest BCUT2D eigenvalue weighted by molar-refractivity contribution is 5.77. The standard InChI is InChI=1S/C8H11F3N2O2/c9-8(10,11)7(15)4-6(2-1-3-6)12-5(14)13-7/h15H,1-4H2,(H2,12,13,14)/t7-/m0/s1. The third-order valence-corrected chi connectivity index (χ3v) is 3.07. The maximum absolute atomic E-state index is 12.5. The van der Waals surface area contributed by atoms with Gasteiger partial charge in [-0.2, -0.15) is 13.2 Å². The fourth-order valence-electron chi connectivity index (χ4n) is 2.11. The molecule has 0 aromatic heterocycles. The summed E-state index contributed by atoms with van der Waals surface area (Å²) in [5, 5.41) is 13.4. The number of halogens is 3. The molecular formula is C8H11F3N2O2. The molecule has 1 aliphatic heterocycles. The number of amides is 2.